The van der Waals surface area contributed by atoms with Crippen molar-refractivity contribution in [2.24, 2.45) is 0 Å². The summed E-state index contributed by atoms with van der Waals surface area (Å²) in [6, 6.07) is 3.60. The van der Waals surface area contributed by atoms with E-state index in [9.17, 15) is 24.3 Å². The fraction of sp³-hybridized carbons (Fsp3) is 0.667. The van der Waals surface area contributed by atoms with Gasteiger partial charge in [0.05, 0.1) is 0 Å². The standard InChI is InChI=1S/C30H47NO11/c1-12-27(6,7)39-24(34)37-21-16-15-20(17-22(21)38-25(35)40-28(8,9)13-2)18-30(23(32)33,31-19(4)5)42-26(36)41-29(10,11)14-3/h15-17,19,31H,12-14,18H2,1-11H3,(H,32,33)/t30-/m0/s1. The number of aliphatic carboxylic acids is 1. The number of carbonyl (C=O) groups excluding carboxylic acids is 3. The van der Waals surface area contributed by atoms with E-state index in [0.29, 0.717) is 19.3 Å². The van der Waals surface area contributed by atoms with E-state index in [1.54, 1.807) is 62.3 Å². The van der Waals surface area contributed by atoms with Crippen LogP contribution >= 0.6 is 0 Å². The van der Waals surface area contributed by atoms with Crippen molar-refractivity contribution in [3.05, 3.63) is 23.8 Å². The van der Waals surface area contributed by atoms with Crippen LogP contribution in [-0.2, 0) is 30.2 Å². The van der Waals surface area contributed by atoms with Gasteiger partial charge in [-0.15, -0.1) is 0 Å². The van der Waals surface area contributed by atoms with Gasteiger partial charge in [0.25, 0.3) is 5.72 Å². The Morgan fingerprint density at radius 1 is 0.714 bits per heavy atom. The number of carboxylic acids is 1. The third-order valence-electron chi connectivity index (χ3n) is 6.61. The van der Waals surface area contributed by atoms with E-state index in [-0.39, 0.29) is 17.1 Å². The summed E-state index contributed by atoms with van der Waals surface area (Å²) in [7, 11) is 0. The Balaban J connectivity index is 3.52. The number of carbonyl (C=O) groups is 4. The lowest BCUT2D eigenvalue weighted by atomic mass is 10.0. The summed E-state index contributed by atoms with van der Waals surface area (Å²) in [6.07, 6.45) is -2.23. The summed E-state index contributed by atoms with van der Waals surface area (Å²) >= 11 is 0. The van der Waals surface area contributed by atoms with Crippen LogP contribution in [0.25, 0.3) is 0 Å². The fourth-order valence-corrected chi connectivity index (χ4v) is 3.16. The molecule has 12 nitrogen and oxygen atoms in total. The fourth-order valence-electron chi connectivity index (χ4n) is 3.16. The highest BCUT2D eigenvalue weighted by Gasteiger charge is 2.45. The molecular weight excluding hydrogens is 550 g/mol. The van der Waals surface area contributed by atoms with Crippen LogP contribution in [0.2, 0.25) is 0 Å². The Hall–Kier alpha value is -3.54. The van der Waals surface area contributed by atoms with E-state index in [0.717, 1.165) is 0 Å². The normalized spacial score (nSPS) is 13.5. The molecule has 0 unspecified atom stereocenters. The number of hydrogen-bond acceptors (Lipinski definition) is 11. The molecule has 0 spiro atoms. The molecular formula is C30H47NO11. The molecule has 0 saturated heterocycles. The lowest BCUT2D eigenvalue weighted by molar-refractivity contribution is -0.169. The Labute approximate surface area is 248 Å². The summed E-state index contributed by atoms with van der Waals surface area (Å²) in [6.45, 7) is 19.0. The molecule has 1 rings (SSSR count). The molecule has 0 bridgehead atoms. The van der Waals surface area contributed by atoms with Crippen LogP contribution < -0.4 is 14.8 Å². The molecule has 0 heterocycles. The molecule has 42 heavy (non-hydrogen) atoms. The summed E-state index contributed by atoms with van der Waals surface area (Å²) in [5, 5.41) is 13.0. The van der Waals surface area contributed by atoms with Crippen LogP contribution in [0.15, 0.2) is 18.2 Å². The van der Waals surface area contributed by atoms with Gasteiger partial charge in [-0.1, -0.05) is 26.8 Å². The van der Waals surface area contributed by atoms with Gasteiger partial charge in [-0.05, 0) is 92.3 Å². The molecule has 238 valence electrons. The molecule has 0 radical (unpaired) electrons. The topological polar surface area (TPSA) is 156 Å². The van der Waals surface area contributed by atoms with Crippen molar-refractivity contribution in [1.82, 2.24) is 5.32 Å². The average Bonchev–Trinajstić information content (AvgIpc) is 2.84. The van der Waals surface area contributed by atoms with Gasteiger partial charge in [0, 0.05) is 12.5 Å². The second-order valence-electron chi connectivity index (χ2n) is 12.1. The Kier molecular flexibility index (Phi) is 12.7. The first kappa shape index (κ1) is 36.5. The van der Waals surface area contributed by atoms with E-state index in [1.165, 1.54) is 18.2 Å². The highest BCUT2D eigenvalue weighted by molar-refractivity contribution is 5.80. The molecule has 0 saturated carbocycles. The highest BCUT2D eigenvalue weighted by Crippen LogP contribution is 2.33. The van der Waals surface area contributed by atoms with E-state index in [2.05, 4.69) is 5.32 Å². The van der Waals surface area contributed by atoms with Crippen molar-refractivity contribution in [2.75, 3.05) is 0 Å². The number of hydrogen-bond donors (Lipinski definition) is 2. The molecule has 12 heteroatoms. The first-order valence-electron chi connectivity index (χ1n) is 14.1. The second-order valence-corrected chi connectivity index (χ2v) is 12.1. The van der Waals surface area contributed by atoms with Gasteiger partial charge in [0.1, 0.15) is 16.8 Å². The molecule has 0 aliphatic heterocycles. The zero-order valence-electron chi connectivity index (χ0n) is 26.7. The molecule has 0 aliphatic carbocycles. The van der Waals surface area contributed by atoms with Gasteiger partial charge in [0.15, 0.2) is 11.5 Å². The molecule has 0 aromatic heterocycles. The van der Waals surface area contributed by atoms with Gasteiger partial charge in [0.2, 0.25) is 0 Å². The molecule has 0 amide bonds. The van der Waals surface area contributed by atoms with Gasteiger partial charge in [-0.3, -0.25) is 5.32 Å². The van der Waals surface area contributed by atoms with Gasteiger partial charge in [-0.25, -0.2) is 19.2 Å². The smallest absolute Gasteiger partial charge is 0.477 e. The minimum absolute atomic E-state index is 0.176. The van der Waals surface area contributed by atoms with Crippen LogP contribution in [0, 0.1) is 0 Å². The van der Waals surface area contributed by atoms with Crippen LogP contribution in [0.3, 0.4) is 0 Å². The van der Waals surface area contributed by atoms with Crippen molar-refractivity contribution in [3.8, 4) is 11.5 Å². The Morgan fingerprint density at radius 2 is 1.14 bits per heavy atom. The quantitative estimate of drug-likeness (QED) is 0.101. The monoisotopic (exact) mass is 597 g/mol. The molecule has 0 fully saturated rings. The zero-order valence-corrected chi connectivity index (χ0v) is 26.7. The second kappa shape index (κ2) is 14.6. The van der Waals surface area contributed by atoms with Gasteiger partial charge < -0.3 is 33.5 Å². The average molecular weight is 598 g/mol. The van der Waals surface area contributed by atoms with Crippen LogP contribution in [-0.4, -0.2) is 58.1 Å². The minimum Gasteiger partial charge on any atom is -0.477 e. The molecule has 1 atom stereocenters. The largest absolute Gasteiger partial charge is 0.514 e. The number of rotatable bonds is 14. The molecule has 2 N–H and O–H groups in total. The maximum atomic E-state index is 12.7. The lowest BCUT2D eigenvalue weighted by Crippen LogP contribution is -2.59. The van der Waals surface area contributed by atoms with E-state index >= 15 is 0 Å². The molecule has 0 aliphatic rings. The number of nitrogens with one attached hydrogen (secondary N) is 1. The maximum absolute atomic E-state index is 12.7. The van der Waals surface area contributed by atoms with Crippen LogP contribution in [0.4, 0.5) is 14.4 Å². The summed E-state index contributed by atoms with van der Waals surface area (Å²) in [5.41, 5.74) is -4.57. The first-order chi connectivity index (χ1) is 19.2. The number of carboxylic acid groups (broad SMARTS) is 1. The minimum atomic E-state index is -2.26. The highest BCUT2D eigenvalue weighted by atomic mass is 16.8. The SMILES string of the molecule is CCC(C)(C)OC(=O)Oc1ccc(C[C@](NC(C)C)(OC(=O)OC(C)(C)CC)C(=O)O)cc1OC(=O)OC(C)(C)CC. The van der Waals surface area contributed by atoms with Crippen molar-refractivity contribution < 1.29 is 52.7 Å². The van der Waals surface area contributed by atoms with Crippen molar-refractivity contribution in [1.29, 1.82) is 0 Å². The Morgan fingerprint density at radius 3 is 1.55 bits per heavy atom. The number of benzene rings is 1. The number of ether oxygens (including phenoxy) is 6. The van der Waals surface area contributed by atoms with E-state index in [4.69, 9.17) is 28.4 Å². The van der Waals surface area contributed by atoms with Crippen molar-refractivity contribution in [2.45, 2.75) is 130 Å². The first-order valence-corrected chi connectivity index (χ1v) is 14.1. The van der Waals surface area contributed by atoms with Crippen LogP contribution in [0.5, 0.6) is 11.5 Å². The summed E-state index contributed by atoms with van der Waals surface area (Å²) in [4.78, 5) is 50.4. The van der Waals surface area contributed by atoms with Crippen LogP contribution in [0.1, 0.15) is 101 Å². The zero-order chi connectivity index (χ0) is 32.5. The third kappa shape index (κ3) is 11.8. The van der Waals surface area contributed by atoms with Gasteiger partial charge in [-0.2, -0.15) is 0 Å². The lowest BCUT2D eigenvalue weighted by Gasteiger charge is -2.33. The maximum Gasteiger partial charge on any atom is 0.514 e. The van der Waals surface area contributed by atoms with E-state index < -0.39 is 59.4 Å². The van der Waals surface area contributed by atoms with E-state index in [1.807, 2.05) is 13.8 Å². The van der Waals surface area contributed by atoms with Crippen molar-refractivity contribution in [3.63, 3.8) is 0 Å². The predicted octanol–water partition coefficient (Wildman–Crippen LogP) is 6.76. The molecule has 1 aromatic carbocycles. The summed E-state index contributed by atoms with van der Waals surface area (Å²) < 4.78 is 32.2. The predicted molar refractivity (Wildman–Crippen MR) is 154 cm³/mol. The summed E-state index contributed by atoms with van der Waals surface area (Å²) in [5.74, 6) is -1.90. The Bertz CT molecular complexity index is 1110. The molecule has 1 aromatic rings. The van der Waals surface area contributed by atoms with Crippen molar-refractivity contribution >= 4 is 24.4 Å². The third-order valence-corrected chi connectivity index (χ3v) is 6.61. The van der Waals surface area contributed by atoms with Gasteiger partial charge >= 0.3 is 24.4 Å².